The van der Waals surface area contributed by atoms with Gasteiger partial charge in [0.05, 0.1) is 4.90 Å². The van der Waals surface area contributed by atoms with Crippen molar-refractivity contribution in [2.45, 2.75) is 16.4 Å². The Bertz CT molecular complexity index is 617. The predicted octanol–water partition coefficient (Wildman–Crippen LogP) is 3.52. The Morgan fingerprint density at radius 3 is 1.89 bits per heavy atom. The summed E-state index contributed by atoms with van der Waals surface area (Å²) >= 11 is 1.82. The third-order valence-corrected chi connectivity index (χ3v) is 4.94. The molecule has 0 aliphatic heterocycles. The molecule has 2 aromatic rings. The molecule has 4 heteroatoms. The van der Waals surface area contributed by atoms with Gasteiger partial charge in [0.2, 0.25) is 0 Å². The van der Waals surface area contributed by atoms with E-state index >= 15 is 0 Å². The van der Waals surface area contributed by atoms with Gasteiger partial charge in [-0.3, -0.25) is 0 Å². The number of thioether (sulfide) groups is 1. The molecule has 0 saturated heterocycles. The van der Waals surface area contributed by atoms with Crippen LogP contribution in [-0.2, 0) is 21.3 Å². The molecule has 0 N–H and O–H groups in total. The molecule has 0 fully saturated rings. The predicted molar refractivity (Wildman–Crippen MR) is 81.0 cm³/mol. The summed E-state index contributed by atoms with van der Waals surface area (Å²) in [6.07, 6.45) is 1.23. The van der Waals surface area contributed by atoms with Crippen LogP contribution in [0.25, 0.3) is 0 Å². The molecule has 2 rings (SSSR count). The van der Waals surface area contributed by atoms with E-state index in [9.17, 15) is 8.42 Å². The summed E-state index contributed by atoms with van der Waals surface area (Å²) in [7, 11) is -3.09. The highest BCUT2D eigenvalue weighted by Gasteiger charge is 2.05. The standard InChI is InChI=1S/C15H16O2S2/c1-19(16,17)15-9-7-14(8-10-15)12-18-11-13-5-3-2-4-6-13/h2-10H,11-12H2,1H3. The van der Waals surface area contributed by atoms with Crippen molar-refractivity contribution in [2.75, 3.05) is 6.26 Å². The molecule has 0 spiro atoms. The minimum absolute atomic E-state index is 0.379. The first-order valence-electron chi connectivity index (χ1n) is 5.96. The second-order valence-electron chi connectivity index (χ2n) is 4.39. The summed E-state index contributed by atoms with van der Waals surface area (Å²) in [5.41, 5.74) is 2.45. The first kappa shape index (κ1) is 14.2. The molecule has 0 radical (unpaired) electrons. The van der Waals surface area contributed by atoms with Crippen LogP contribution in [0.15, 0.2) is 59.5 Å². The lowest BCUT2D eigenvalue weighted by molar-refractivity contribution is 0.602. The fourth-order valence-electron chi connectivity index (χ4n) is 1.69. The molecular weight excluding hydrogens is 276 g/mol. The zero-order valence-electron chi connectivity index (χ0n) is 10.7. The van der Waals surface area contributed by atoms with Gasteiger partial charge in [-0.05, 0) is 23.3 Å². The second kappa shape index (κ2) is 6.26. The van der Waals surface area contributed by atoms with Gasteiger partial charge in [0.15, 0.2) is 9.84 Å². The molecule has 19 heavy (non-hydrogen) atoms. The fourth-order valence-corrected chi connectivity index (χ4v) is 3.28. The highest BCUT2D eigenvalue weighted by molar-refractivity contribution is 7.97. The average molecular weight is 292 g/mol. The van der Waals surface area contributed by atoms with Crippen LogP contribution < -0.4 is 0 Å². The quantitative estimate of drug-likeness (QED) is 0.845. The Kier molecular flexibility index (Phi) is 4.66. The fraction of sp³-hybridized carbons (Fsp3) is 0.200. The van der Waals surface area contributed by atoms with Gasteiger partial charge in [-0.1, -0.05) is 42.5 Å². The van der Waals surface area contributed by atoms with E-state index in [1.54, 1.807) is 12.1 Å². The Morgan fingerprint density at radius 1 is 0.842 bits per heavy atom. The molecule has 0 aromatic heterocycles. The summed E-state index contributed by atoms with van der Waals surface area (Å²) in [5, 5.41) is 0. The van der Waals surface area contributed by atoms with Crippen molar-refractivity contribution in [1.29, 1.82) is 0 Å². The van der Waals surface area contributed by atoms with Crippen LogP contribution >= 0.6 is 11.8 Å². The minimum Gasteiger partial charge on any atom is -0.224 e. The SMILES string of the molecule is CS(=O)(=O)c1ccc(CSCc2ccccc2)cc1. The summed E-state index contributed by atoms with van der Waals surface area (Å²) < 4.78 is 22.7. The van der Waals surface area contributed by atoms with Gasteiger partial charge < -0.3 is 0 Å². The van der Waals surface area contributed by atoms with Gasteiger partial charge in [0.1, 0.15) is 0 Å². The molecule has 0 bridgehead atoms. The molecule has 0 aliphatic rings. The maximum atomic E-state index is 11.3. The third-order valence-electron chi connectivity index (χ3n) is 2.73. The minimum atomic E-state index is -3.09. The van der Waals surface area contributed by atoms with E-state index in [-0.39, 0.29) is 0 Å². The molecule has 0 amide bonds. The summed E-state index contributed by atoms with van der Waals surface area (Å²) in [5.74, 6) is 1.85. The van der Waals surface area contributed by atoms with E-state index in [0.717, 1.165) is 17.1 Å². The molecule has 0 aliphatic carbocycles. The van der Waals surface area contributed by atoms with Crippen LogP contribution in [0.2, 0.25) is 0 Å². The largest absolute Gasteiger partial charge is 0.224 e. The van der Waals surface area contributed by atoms with Crippen molar-refractivity contribution in [3.63, 3.8) is 0 Å². The van der Waals surface area contributed by atoms with Crippen LogP contribution in [0.4, 0.5) is 0 Å². The summed E-state index contributed by atoms with van der Waals surface area (Å²) in [4.78, 5) is 0.379. The van der Waals surface area contributed by atoms with Gasteiger partial charge in [-0.15, -0.1) is 0 Å². The van der Waals surface area contributed by atoms with E-state index in [1.807, 2.05) is 42.1 Å². The van der Waals surface area contributed by atoms with Crippen LogP contribution in [-0.4, -0.2) is 14.7 Å². The zero-order chi connectivity index (χ0) is 13.7. The lowest BCUT2D eigenvalue weighted by atomic mass is 10.2. The highest BCUT2D eigenvalue weighted by Crippen LogP contribution is 2.19. The first-order chi connectivity index (χ1) is 9.05. The normalized spacial score (nSPS) is 11.4. The number of hydrogen-bond donors (Lipinski definition) is 0. The molecular formula is C15H16O2S2. The highest BCUT2D eigenvalue weighted by atomic mass is 32.2. The maximum absolute atomic E-state index is 11.3. The van der Waals surface area contributed by atoms with Crippen LogP contribution in [0.5, 0.6) is 0 Å². The molecule has 2 nitrogen and oxygen atoms in total. The lowest BCUT2D eigenvalue weighted by Crippen LogP contribution is -1.96. The topological polar surface area (TPSA) is 34.1 Å². The van der Waals surface area contributed by atoms with Gasteiger partial charge in [-0.2, -0.15) is 11.8 Å². The van der Waals surface area contributed by atoms with Crippen molar-refractivity contribution in [2.24, 2.45) is 0 Å². The van der Waals surface area contributed by atoms with Crippen molar-refractivity contribution in [1.82, 2.24) is 0 Å². The van der Waals surface area contributed by atoms with E-state index in [2.05, 4.69) is 12.1 Å². The Hall–Kier alpha value is -1.26. The van der Waals surface area contributed by atoms with Gasteiger partial charge >= 0.3 is 0 Å². The molecule has 0 saturated carbocycles. The molecule has 2 aromatic carbocycles. The van der Waals surface area contributed by atoms with E-state index in [4.69, 9.17) is 0 Å². The Labute approximate surface area is 118 Å². The average Bonchev–Trinajstić information content (AvgIpc) is 2.39. The number of sulfone groups is 1. The van der Waals surface area contributed by atoms with E-state index < -0.39 is 9.84 Å². The maximum Gasteiger partial charge on any atom is 0.175 e. The van der Waals surface area contributed by atoms with Gasteiger partial charge in [0.25, 0.3) is 0 Å². The summed E-state index contributed by atoms with van der Waals surface area (Å²) in [6.45, 7) is 0. The molecule has 0 atom stereocenters. The molecule has 0 heterocycles. The number of rotatable bonds is 5. The van der Waals surface area contributed by atoms with Crippen molar-refractivity contribution in [3.05, 3.63) is 65.7 Å². The van der Waals surface area contributed by atoms with Gasteiger partial charge in [0, 0.05) is 17.8 Å². The molecule has 0 unspecified atom stereocenters. The van der Waals surface area contributed by atoms with Crippen molar-refractivity contribution in [3.8, 4) is 0 Å². The Morgan fingerprint density at radius 2 is 1.37 bits per heavy atom. The monoisotopic (exact) mass is 292 g/mol. The lowest BCUT2D eigenvalue weighted by Gasteiger charge is -2.04. The third kappa shape index (κ3) is 4.40. The van der Waals surface area contributed by atoms with E-state index in [0.29, 0.717) is 4.90 Å². The van der Waals surface area contributed by atoms with Crippen molar-refractivity contribution >= 4 is 21.6 Å². The molecule has 100 valence electrons. The van der Waals surface area contributed by atoms with Gasteiger partial charge in [-0.25, -0.2) is 8.42 Å². The van der Waals surface area contributed by atoms with E-state index in [1.165, 1.54) is 11.8 Å². The van der Waals surface area contributed by atoms with Crippen LogP contribution in [0.1, 0.15) is 11.1 Å². The summed E-state index contributed by atoms with van der Waals surface area (Å²) in [6, 6.07) is 17.4. The second-order valence-corrected chi connectivity index (χ2v) is 7.40. The van der Waals surface area contributed by atoms with Crippen LogP contribution in [0, 0.1) is 0 Å². The zero-order valence-corrected chi connectivity index (χ0v) is 12.4. The van der Waals surface area contributed by atoms with Crippen molar-refractivity contribution < 1.29 is 8.42 Å². The number of benzene rings is 2. The first-order valence-corrected chi connectivity index (χ1v) is 9.01. The number of hydrogen-bond acceptors (Lipinski definition) is 3. The Balaban J connectivity index is 1.90. The smallest absolute Gasteiger partial charge is 0.175 e. The van der Waals surface area contributed by atoms with Crippen LogP contribution in [0.3, 0.4) is 0 Å².